The Hall–Kier alpha value is -1.89. The van der Waals surface area contributed by atoms with Crippen LogP contribution >= 0.6 is 11.6 Å². The Labute approximate surface area is 120 Å². The van der Waals surface area contributed by atoms with Crippen molar-refractivity contribution in [2.24, 2.45) is 0 Å². The smallest absolute Gasteiger partial charge is 0.226 e. The van der Waals surface area contributed by atoms with E-state index in [4.69, 9.17) is 11.6 Å². The molecule has 1 fully saturated rings. The van der Waals surface area contributed by atoms with Crippen molar-refractivity contribution in [1.29, 1.82) is 0 Å². The lowest BCUT2D eigenvalue weighted by molar-refractivity contribution is -0.128. The highest BCUT2D eigenvalue weighted by Crippen LogP contribution is 2.24. The number of carbonyl (C=O) groups is 1. The fourth-order valence-corrected chi connectivity index (χ4v) is 2.64. The first kappa shape index (κ1) is 13.1. The molecular weight excluding hydrogens is 280 g/mol. The largest absolute Gasteiger partial charge is 0.354 e. The Kier molecular flexibility index (Phi) is 3.43. The summed E-state index contributed by atoms with van der Waals surface area (Å²) in [7, 11) is 0. The molecule has 0 spiro atoms. The minimum absolute atomic E-state index is 0.112. The Balaban J connectivity index is 1.91. The van der Waals surface area contributed by atoms with E-state index in [0.717, 1.165) is 37.3 Å². The van der Waals surface area contributed by atoms with Crippen LogP contribution in [0.1, 0.15) is 13.3 Å². The summed E-state index contributed by atoms with van der Waals surface area (Å²) in [6.07, 6.45) is 2.61. The number of nitrogens with one attached hydrogen (secondary N) is 1. The number of carbonyl (C=O) groups excluding carboxylic acids is 1. The number of amides is 1. The van der Waals surface area contributed by atoms with Crippen molar-refractivity contribution in [2.45, 2.75) is 13.3 Å². The van der Waals surface area contributed by atoms with Gasteiger partial charge in [0.15, 0.2) is 5.65 Å². The molecule has 0 saturated carbocycles. The van der Waals surface area contributed by atoms with Gasteiger partial charge < -0.3 is 9.80 Å². The maximum atomic E-state index is 11.5. The molecule has 3 heterocycles. The molecule has 1 amide bonds. The molecule has 2 aromatic rings. The molecule has 3 rings (SSSR count). The summed E-state index contributed by atoms with van der Waals surface area (Å²) in [5.41, 5.74) is 0.632. The van der Waals surface area contributed by atoms with Crippen LogP contribution in [0.5, 0.6) is 0 Å². The van der Waals surface area contributed by atoms with E-state index in [9.17, 15) is 4.79 Å². The molecule has 20 heavy (non-hydrogen) atoms. The van der Waals surface area contributed by atoms with E-state index >= 15 is 0 Å². The summed E-state index contributed by atoms with van der Waals surface area (Å²) in [6.45, 7) is 4.63. The molecular formula is C12H15ClN6O. The van der Waals surface area contributed by atoms with E-state index < -0.39 is 0 Å². The summed E-state index contributed by atoms with van der Waals surface area (Å²) < 4.78 is 0. The Morgan fingerprint density at radius 2 is 2.15 bits per heavy atom. The average Bonchev–Trinajstić information content (AvgIpc) is 2.73. The van der Waals surface area contributed by atoms with Crippen molar-refractivity contribution in [2.75, 3.05) is 31.1 Å². The topological polar surface area (TPSA) is 78.0 Å². The standard InChI is InChI=1S/C12H15ClN6O/c1-8(20)18-3-2-4-19(6-5-18)11-9-7-14-17-10(9)15-12(13)16-11/h7H,2-6H2,1H3,(H,14,15,16,17). The van der Waals surface area contributed by atoms with Gasteiger partial charge in [-0.05, 0) is 18.0 Å². The van der Waals surface area contributed by atoms with E-state index in [1.165, 1.54) is 0 Å². The molecule has 2 aromatic heterocycles. The first-order valence-electron chi connectivity index (χ1n) is 6.52. The van der Waals surface area contributed by atoms with Crippen molar-refractivity contribution in [1.82, 2.24) is 25.1 Å². The first-order chi connectivity index (χ1) is 9.65. The monoisotopic (exact) mass is 294 g/mol. The summed E-state index contributed by atoms with van der Waals surface area (Å²) in [4.78, 5) is 23.9. The predicted octanol–water partition coefficient (Wildman–Crippen LogP) is 1.06. The number of hydrogen-bond acceptors (Lipinski definition) is 5. The summed E-state index contributed by atoms with van der Waals surface area (Å²) in [6, 6.07) is 0. The van der Waals surface area contributed by atoms with Gasteiger partial charge in [0.25, 0.3) is 0 Å². The number of halogens is 1. The van der Waals surface area contributed by atoms with Crippen LogP contribution < -0.4 is 4.90 Å². The second-order valence-corrected chi connectivity index (χ2v) is 5.13. The number of nitrogens with zero attached hydrogens (tertiary/aromatic N) is 5. The van der Waals surface area contributed by atoms with Crippen LogP contribution in [-0.4, -0.2) is 57.2 Å². The lowest BCUT2D eigenvalue weighted by Crippen LogP contribution is -2.34. The highest BCUT2D eigenvalue weighted by molar-refractivity contribution is 6.28. The number of anilines is 1. The summed E-state index contributed by atoms with van der Waals surface area (Å²) >= 11 is 5.96. The maximum absolute atomic E-state index is 11.5. The molecule has 1 aliphatic heterocycles. The molecule has 0 aliphatic carbocycles. The highest BCUT2D eigenvalue weighted by Gasteiger charge is 2.20. The van der Waals surface area contributed by atoms with Crippen molar-refractivity contribution in [3.8, 4) is 0 Å². The lowest BCUT2D eigenvalue weighted by Gasteiger charge is -2.22. The third-order valence-electron chi connectivity index (χ3n) is 3.50. The second-order valence-electron chi connectivity index (χ2n) is 4.80. The number of rotatable bonds is 1. The van der Waals surface area contributed by atoms with Crippen molar-refractivity contribution >= 4 is 34.4 Å². The molecule has 1 saturated heterocycles. The van der Waals surface area contributed by atoms with E-state index in [1.54, 1.807) is 13.1 Å². The zero-order chi connectivity index (χ0) is 14.1. The van der Waals surface area contributed by atoms with Gasteiger partial charge in [-0.15, -0.1) is 0 Å². The lowest BCUT2D eigenvalue weighted by atomic mass is 10.3. The SMILES string of the molecule is CC(=O)N1CCCN(c2nc(Cl)nc3[nH]ncc23)CC1. The number of fused-ring (bicyclic) bond motifs is 1. The van der Waals surface area contributed by atoms with E-state index in [1.807, 2.05) is 4.90 Å². The van der Waals surface area contributed by atoms with Gasteiger partial charge in [-0.2, -0.15) is 15.1 Å². The van der Waals surface area contributed by atoms with Crippen molar-refractivity contribution in [3.05, 3.63) is 11.5 Å². The second kappa shape index (κ2) is 5.24. The number of aromatic amines is 1. The minimum atomic E-state index is 0.112. The van der Waals surface area contributed by atoms with Crippen LogP contribution in [0.2, 0.25) is 5.28 Å². The number of H-pyrrole nitrogens is 1. The van der Waals surface area contributed by atoms with Gasteiger partial charge in [-0.25, -0.2) is 0 Å². The van der Waals surface area contributed by atoms with Gasteiger partial charge in [-0.1, -0.05) is 0 Å². The van der Waals surface area contributed by atoms with Crippen LogP contribution in [0.3, 0.4) is 0 Å². The number of aromatic nitrogens is 4. The Morgan fingerprint density at radius 3 is 2.95 bits per heavy atom. The van der Waals surface area contributed by atoms with Crippen LogP contribution in [0.15, 0.2) is 6.20 Å². The van der Waals surface area contributed by atoms with Crippen LogP contribution in [0.25, 0.3) is 11.0 Å². The molecule has 0 aromatic carbocycles. The van der Waals surface area contributed by atoms with Crippen molar-refractivity contribution < 1.29 is 4.79 Å². The maximum Gasteiger partial charge on any atom is 0.226 e. The van der Waals surface area contributed by atoms with Crippen LogP contribution in [0.4, 0.5) is 5.82 Å². The predicted molar refractivity (Wildman–Crippen MR) is 75.8 cm³/mol. The van der Waals surface area contributed by atoms with Crippen LogP contribution in [0, 0.1) is 0 Å². The third-order valence-corrected chi connectivity index (χ3v) is 3.67. The van der Waals surface area contributed by atoms with Gasteiger partial charge in [0.05, 0.1) is 11.6 Å². The first-order valence-corrected chi connectivity index (χ1v) is 6.90. The molecule has 0 unspecified atom stereocenters. The fraction of sp³-hybridized carbons (Fsp3) is 0.500. The van der Waals surface area contributed by atoms with Gasteiger partial charge in [0, 0.05) is 33.1 Å². The summed E-state index contributed by atoms with van der Waals surface area (Å²) in [5.74, 6) is 0.889. The van der Waals surface area contributed by atoms with E-state index in [2.05, 4.69) is 25.1 Å². The molecule has 106 valence electrons. The highest BCUT2D eigenvalue weighted by atomic mass is 35.5. The van der Waals surface area contributed by atoms with Gasteiger partial charge in [-0.3, -0.25) is 9.89 Å². The van der Waals surface area contributed by atoms with Gasteiger partial charge in [0.1, 0.15) is 5.82 Å². The van der Waals surface area contributed by atoms with Crippen molar-refractivity contribution in [3.63, 3.8) is 0 Å². The molecule has 0 bridgehead atoms. The zero-order valence-electron chi connectivity index (χ0n) is 11.1. The Morgan fingerprint density at radius 1 is 1.30 bits per heavy atom. The van der Waals surface area contributed by atoms with Gasteiger partial charge in [0.2, 0.25) is 11.2 Å². The molecule has 0 radical (unpaired) electrons. The fourth-order valence-electron chi connectivity index (χ4n) is 2.48. The third kappa shape index (κ3) is 2.40. The molecule has 1 aliphatic rings. The molecule has 1 N–H and O–H groups in total. The van der Waals surface area contributed by atoms with E-state index in [-0.39, 0.29) is 11.2 Å². The number of hydrogen-bond donors (Lipinski definition) is 1. The van der Waals surface area contributed by atoms with E-state index in [0.29, 0.717) is 12.2 Å². The van der Waals surface area contributed by atoms with Gasteiger partial charge >= 0.3 is 0 Å². The zero-order valence-corrected chi connectivity index (χ0v) is 11.9. The average molecular weight is 295 g/mol. The molecule has 0 atom stereocenters. The normalized spacial score (nSPS) is 16.5. The quantitative estimate of drug-likeness (QED) is 0.796. The Bertz CT molecular complexity index is 642. The van der Waals surface area contributed by atoms with Crippen LogP contribution in [-0.2, 0) is 4.79 Å². The molecule has 7 nitrogen and oxygen atoms in total. The minimum Gasteiger partial charge on any atom is -0.354 e. The summed E-state index contributed by atoms with van der Waals surface area (Å²) in [5, 5.41) is 7.84. The molecule has 8 heteroatoms.